The minimum absolute atomic E-state index is 0.176. The van der Waals surface area contributed by atoms with Crippen LogP contribution >= 0.6 is 0 Å². The van der Waals surface area contributed by atoms with Crippen LogP contribution in [0.15, 0.2) is 42.2 Å². The van der Waals surface area contributed by atoms with Crippen LogP contribution in [0.25, 0.3) is 16.6 Å². The predicted octanol–water partition coefficient (Wildman–Crippen LogP) is 4.94. The van der Waals surface area contributed by atoms with Gasteiger partial charge >= 0.3 is 0 Å². The summed E-state index contributed by atoms with van der Waals surface area (Å²) in [5.41, 5.74) is 6.68. The third-order valence-electron chi connectivity index (χ3n) is 6.17. The molecule has 1 fully saturated rings. The van der Waals surface area contributed by atoms with Gasteiger partial charge in [-0.25, -0.2) is 4.98 Å². The van der Waals surface area contributed by atoms with Gasteiger partial charge in [-0.1, -0.05) is 17.7 Å². The first-order valence-corrected chi connectivity index (χ1v) is 10.6. The molecule has 0 amide bonds. The molecule has 0 unspecified atom stereocenters. The van der Waals surface area contributed by atoms with Crippen LogP contribution in [0.5, 0.6) is 0 Å². The molecule has 2 aromatic carbocycles. The van der Waals surface area contributed by atoms with Crippen molar-refractivity contribution >= 4 is 33.8 Å². The van der Waals surface area contributed by atoms with E-state index >= 15 is 0 Å². The average Bonchev–Trinajstić information content (AvgIpc) is 3.28. The molecule has 30 heavy (non-hydrogen) atoms. The van der Waals surface area contributed by atoms with Gasteiger partial charge in [-0.05, 0) is 62.9 Å². The summed E-state index contributed by atoms with van der Waals surface area (Å²) < 4.78 is 0. The SMILES string of the molecule is Cc1ccc(N2CC(O)=C(c3nc4ccc(N5CCCCC5)cc4[nH]3)C2=N)c(C)c1. The van der Waals surface area contributed by atoms with Gasteiger partial charge in [0.2, 0.25) is 0 Å². The van der Waals surface area contributed by atoms with Gasteiger partial charge in [-0.15, -0.1) is 0 Å². The van der Waals surface area contributed by atoms with Crippen LogP contribution in [0.2, 0.25) is 0 Å². The quantitative estimate of drug-likeness (QED) is 0.581. The molecule has 0 atom stereocenters. The number of aliphatic hydroxyl groups excluding tert-OH is 1. The van der Waals surface area contributed by atoms with E-state index in [1.807, 2.05) is 30.0 Å². The van der Waals surface area contributed by atoms with Gasteiger partial charge in [-0.2, -0.15) is 0 Å². The van der Waals surface area contributed by atoms with Crippen molar-refractivity contribution in [2.24, 2.45) is 0 Å². The molecule has 3 heterocycles. The Morgan fingerprint density at radius 2 is 1.83 bits per heavy atom. The number of nitrogens with zero attached hydrogens (tertiary/aromatic N) is 3. The van der Waals surface area contributed by atoms with Crippen molar-refractivity contribution in [1.82, 2.24) is 9.97 Å². The van der Waals surface area contributed by atoms with Gasteiger partial charge < -0.3 is 19.9 Å². The van der Waals surface area contributed by atoms with Crippen molar-refractivity contribution in [1.29, 1.82) is 5.41 Å². The molecule has 1 saturated heterocycles. The molecule has 6 heteroatoms. The maximum Gasteiger partial charge on any atom is 0.145 e. The number of piperidine rings is 1. The smallest absolute Gasteiger partial charge is 0.145 e. The highest BCUT2D eigenvalue weighted by Crippen LogP contribution is 2.33. The lowest BCUT2D eigenvalue weighted by Crippen LogP contribution is -2.29. The Morgan fingerprint density at radius 3 is 2.60 bits per heavy atom. The molecule has 3 N–H and O–H groups in total. The maximum absolute atomic E-state index is 10.7. The van der Waals surface area contributed by atoms with Crippen molar-refractivity contribution in [2.75, 3.05) is 29.4 Å². The zero-order chi connectivity index (χ0) is 20.8. The van der Waals surface area contributed by atoms with Crippen molar-refractivity contribution in [3.05, 3.63) is 59.1 Å². The second-order valence-corrected chi connectivity index (χ2v) is 8.38. The number of imidazole rings is 1. The molecule has 2 aliphatic rings. The Hall–Kier alpha value is -3.28. The van der Waals surface area contributed by atoms with Crippen LogP contribution in [-0.4, -0.2) is 40.5 Å². The van der Waals surface area contributed by atoms with Crippen molar-refractivity contribution in [3.63, 3.8) is 0 Å². The van der Waals surface area contributed by atoms with Crippen LogP contribution in [-0.2, 0) is 0 Å². The molecule has 0 aliphatic carbocycles. The lowest BCUT2D eigenvalue weighted by molar-refractivity contribution is 0.411. The summed E-state index contributed by atoms with van der Waals surface area (Å²) in [6.07, 6.45) is 3.77. The Bertz CT molecular complexity index is 1170. The van der Waals surface area contributed by atoms with E-state index in [-0.39, 0.29) is 18.1 Å². The number of benzene rings is 2. The maximum atomic E-state index is 10.7. The number of aryl methyl sites for hydroxylation is 2. The number of fused-ring (bicyclic) bond motifs is 1. The second kappa shape index (κ2) is 7.20. The number of aromatic amines is 1. The molecule has 0 bridgehead atoms. The summed E-state index contributed by atoms with van der Waals surface area (Å²) in [6.45, 7) is 6.56. The first kappa shape index (κ1) is 18.7. The van der Waals surface area contributed by atoms with E-state index < -0.39 is 0 Å². The van der Waals surface area contributed by atoms with E-state index in [9.17, 15) is 5.11 Å². The van der Waals surface area contributed by atoms with Gasteiger partial charge in [0.25, 0.3) is 0 Å². The first-order chi connectivity index (χ1) is 14.5. The van der Waals surface area contributed by atoms with Crippen LogP contribution in [0.4, 0.5) is 11.4 Å². The van der Waals surface area contributed by atoms with Gasteiger partial charge in [0.1, 0.15) is 17.4 Å². The molecule has 0 spiro atoms. The minimum Gasteiger partial charge on any atom is -0.509 e. The number of H-pyrrole nitrogens is 1. The number of hydrogen-bond donors (Lipinski definition) is 3. The lowest BCUT2D eigenvalue weighted by Gasteiger charge is -2.28. The molecule has 0 radical (unpaired) electrons. The fourth-order valence-corrected chi connectivity index (χ4v) is 4.61. The zero-order valence-electron chi connectivity index (χ0n) is 17.5. The lowest BCUT2D eigenvalue weighted by atomic mass is 10.1. The van der Waals surface area contributed by atoms with Crippen LogP contribution in [0.1, 0.15) is 36.2 Å². The number of hydrogen-bond acceptors (Lipinski definition) is 4. The predicted molar refractivity (Wildman–Crippen MR) is 123 cm³/mol. The third-order valence-corrected chi connectivity index (χ3v) is 6.17. The number of nitrogens with one attached hydrogen (secondary N) is 2. The summed E-state index contributed by atoms with van der Waals surface area (Å²) in [5.74, 6) is 1.00. The molecular weight excluding hydrogens is 374 g/mol. The fourth-order valence-electron chi connectivity index (χ4n) is 4.61. The summed E-state index contributed by atoms with van der Waals surface area (Å²) in [5, 5.41) is 19.4. The number of aliphatic hydroxyl groups is 1. The largest absolute Gasteiger partial charge is 0.509 e. The Balaban J connectivity index is 1.47. The van der Waals surface area contributed by atoms with E-state index in [4.69, 9.17) is 5.41 Å². The second-order valence-electron chi connectivity index (χ2n) is 8.38. The number of rotatable bonds is 3. The Morgan fingerprint density at radius 1 is 1.03 bits per heavy atom. The molecule has 3 aromatic rings. The third kappa shape index (κ3) is 3.12. The molecule has 5 rings (SSSR count). The van der Waals surface area contributed by atoms with Crippen molar-refractivity contribution in [2.45, 2.75) is 33.1 Å². The van der Waals surface area contributed by atoms with E-state index in [0.717, 1.165) is 35.4 Å². The van der Waals surface area contributed by atoms with Crippen molar-refractivity contribution < 1.29 is 5.11 Å². The summed E-state index contributed by atoms with van der Waals surface area (Å²) >= 11 is 0. The Kier molecular flexibility index (Phi) is 4.50. The van der Waals surface area contributed by atoms with E-state index in [1.165, 1.54) is 30.5 Å². The molecule has 2 aliphatic heterocycles. The fraction of sp³-hybridized carbons (Fsp3) is 0.333. The van der Waals surface area contributed by atoms with Crippen molar-refractivity contribution in [3.8, 4) is 0 Å². The number of aromatic nitrogens is 2. The van der Waals surface area contributed by atoms with E-state index in [1.54, 1.807) is 0 Å². The summed E-state index contributed by atoms with van der Waals surface area (Å²) in [7, 11) is 0. The molecule has 6 nitrogen and oxygen atoms in total. The Labute approximate surface area is 176 Å². The van der Waals surface area contributed by atoms with Gasteiger partial charge in [0.15, 0.2) is 0 Å². The van der Waals surface area contributed by atoms with E-state index in [0.29, 0.717) is 11.4 Å². The molecule has 1 aromatic heterocycles. The van der Waals surface area contributed by atoms with Gasteiger partial charge in [0, 0.05) is 24.5 Å². The molecular formula is C24H27N5O. The summed E-state index contributed by atoms with van der Waals surface area (Å²) in [6, 6.07) is 12.4. The van der Waals surface area contributed by atoms with Gasteiger partial charge in [0.05, 0.1) is 23.2 Å². The van der Waals surface area contributed by atoms with Crippen LogP contribution in [0.3, 0.4) is 0 Å². The average molecular weight is 402 g/mol. The van der Waals surface area contributed by atoms with Crippen LogP contribution < -0.4 is 9.80 Å². The van der Waals surface area contributed by atoms with E-state index in [2.05, 4.69) is 40.0 Å². The topological polar surface area (TPSA) is 79.2 Å². The molecule has 154 valence electrons. The van der Waals surface area contributed by atoms with Gasteiger partial charge in [-0.3, -0.25) is 5.41 Å². The highest BCUT2D eigenvalue weighted by molar-refractivity contribution is 6.30. The summed E-state index contributed by atoms with van der Waals surface area (Å²) in [4.78, 5) is 12.3. The van der Waals surface area contributed by atoms with Crippen LogP contribution in [0, 0.1) is 19.3 Å². The minimum atomic E-state index is 0.176. The highest BCUT2D eigenvalue weighted by Gasteiger charge is 2.32. The first-order valence-electron chi connectivity index (χ1n) is 10.6. The normalized spacial score (nSPS) is 17.5. The standard InChI is InChI=1S/C24H27N5O/c1-15-6-9-20(16(2)12-15)29-14-21(30)22(23(29)25)24-26-18-8-7-17(13-19(18)27-24)28-10-4-3-5-11-28/h6-9,12-13,25,30H,3-5,10-11,14H2,1-2H3,(H,26,27). The number of anilines is 2. The zero-order valence-corrected chi connectivity index (χ0v) is 17.5. The monoisotopic (exact) mass is 401 g/mol. The highest BCUT2D eigenvalue weighted by atomic mass is 16.3. The molecule has 0 saturated carbocycles. The number of amidine groups is 1.